The van der Waals surface area contributed by atoms with E-state index >= 15 is 0 Å². The lowest BCUT2D eigenvalue weighted by Crippen LogP contribution is -2.53. The molecule has 0 bridgehead atoms. The summed E-state index contributed by atoms with van der Waals surface area (Å²) in [5, 5.41) is 14.2. The molecule has 2 fully saturated rings. The molecule has 0 aromatic heterocycles. The summed E-state index contributed by atoms with van der Waals surface area (Å²) in [6.07, 6.45) is 9.71. The molecule has 0 amide bonds. The molecule has 2 aromatic rings. The fourth-order valence-electron chi connectivity index (χ4n) is 6.79. The first kappa shape index (κ1) is 19.9. The molecule has 158 valence electrons. The van der Waals surface area contributed by atoms with Gasteiger partial charge >= 0.3 is 5.97 Å². The minimum absolute atomic E-state index is 0.139. The number of carbonyl (C=O) groups is 1. The fourth-order valence-corrected chi connectivity index (χ4v) is 6.98. The molecular formula is C26H30ClNO2. The molecule has 2 N–H and O–H groups in total. The van der Waals surface area contributed by atoms with Crippen LogP contribution in [0.15, 0.2) is 48.5 Å². The van der Waals surface area contributed by atoms with Crippen molar-refractivity contribution in [2.24, 2.45) is 11.8 Å². The SMILES string of the molecule is O=C(O)C1(Nc2cccc(Cl)c2)CCC2(CC1)c1ccccc1C[C@H]2C1CCCC1. The minimum Gasteiger partial charge on any atom is -0.480 e. The van der Waals surface area contributed by atoms with E-state index in [0.717, 1.165) is 24.4 Å². The second kappa shape index (κ2) is 7.60. The minimum atomic E-state index is -0.923. The Labute approximate surface area is 183 Å². The topological polar surface area (TPSA) is 49.3 Å². The first-order chi connectivity index (χ1) is 14.5. The Balaban J connectivity index is 1.46. The highest BCUT2D eigenvalue weighted by atomic mass is 35.5. The van der Waals surface area contributed by atoms with Crippen molar-refractivity contribution in [1.82, 2.24) is 0 Å². The van der Waals surface area contributed by atoms with E-state index in [1.807, 2.05) is 24.3 Å². The standard InChI is InChI=1S/C26H30ClNO2/c27-20-9-5-10-21(17-20)28-26(24(29)30)14-12-25(13-15-26)22-11-4-3-8-19(22)16-23(25)18-6-1-2-7-18/h3-5,8-11,17-18,23,28H,1-2,6-7,12-16H2,(H,29,30)/t23-,25?,26?/m0/s1. The lowest BCUT2D eigenvalue weighted by Gasteiger charge is -2.48. The fraction of sp³-hybridized carbons (Fsp3) is 0.500. The van der Waals surface area contributed by atoms with Crippen LogP contribution in [-0.4, -0.2) is 16.6 Å². The van der Waals surface area contributed by atoms with E-state index < -0.39 is 11.5 Å². The Morgan fingerprint density at radius 2 is 1.73 bits per heavy atom. The van der Waals surface area contributed by atoms with Gasteiger partial charge in [-0.25, -0.2) is 4.79 Å². The van der Waals surface area contributed by atoms with Crippen molar-refractivity contribution in [1.29, 1.82) is 0 Å². The molecule has 0 radical (unpaired) electrons. The van der Waals surface area contributed by atoms with Crippen molar-refractivity contribution in [3.8, 4) is 0 Å². The zero-order valence-electron chi connectivity index (χ0n) is 17.4. The zero-order valence-corrected chi connectivity index (χ0v) is 18.1. The van der Waals surface area contributed by atoms with Gasteiger partial charge in [0, 0.05) is 10.7 Å². The summed E-state index contributed by atoms with van der Waals surface area (Å²) in [5.74, 6) is 0.701. The first-order valence-corrected chi connectivity index (χ1v) is 11.8. The van der Waals surface area contributed by atoms with Gasteiger partial charge in [0.1, 0.15) is 5.54 Å². The Morgan fingerprint density at radius 3 is 2.43 bits per heavy atom. The molecule has 3 aliphatic rings. The molecule has 4 heteroatoms. The summed E-state index contributed by atoms with van der Waals surface area (Å²) in [6.45, 7) is 0. The van der Waals surface area contributed by atoms with Crippen molar-refractivity contribution in [3.05, 3.63) is 64.7 Å². The van der Waals surface area contributed by atoms with E-state index in [1.54, 1.807) is 0 Å². The van der Waals surface area contributed by atoms with Gasteiger partial charge < -0.3 is 10.4 Å². The average Bonchev–Trinajstić information content (AvgIpc) is 3.37. The lowest BCUT2D eigenvalue weighted by atomic mass is 9.58. The third-order valence-electron chi connectivity index (χ3n) is 8.29. The van der Waals surface area contributed by atoms with Crippen LogP contribution in [0.4, 0.5) is 5.69 Å². The summed E-state index contributed by atoms with van der Waals surface area (Å²) in [5.41, 5.74) is 3.01. The summed E-state index contributed by atoms with van der Waals surface area (Å²) in [4.78, 5) is 12.5. The molecule has 1 spiro atoms. The number of anilines is 1. The maximum Gasteiger partial charge on any atom is 0.329 e. The van der Waals surface area contributed by atoms with Gasteiger partial charge in [-0.15, -0.1) is 0 Å². The van der Waals surface area contributed by atoms with Crippen LogP contribution in [0.2, 0.25) is 5.02 Å². The van der Waals surface area contributed by atoms with Crippen LogP contribution in [0.5, 0.6) is 0 Å². The molecule has 2 aromatic carbocycles. The Kier molecular flexibility index (Phi) is 5.05. The van der Waals surface area contributed by atoms with E-state index in [2.05, 4.69) is 29.6 Å². The van der Waals surface area contributed by atoms with Gasteiger partial charge in [-0.1, -0.05) is 67.6 Å². The lowest BCUT2D eigenvalue weighted by molar-refractivity contribution is -0.144. The molecule has 0 unspecified atom stereocenters. The van der Waals surface area contributed by atoms with Gasteiger partial charge in [-0.2, -0.15) is 0 Å². The van der Waals surface area contributed by atoms with E-state index in [4.69, 9.17) is 11.6 Å². The van der Waals surface area contributed by atoms with Crippen LogP contribution in [0.1, 0.15) is 62.5 Å². The number of hydrogen-bond donors (Lipinski definition) is 2. The quantitative estimate of drug-likeness (QED) is 0.594. The third-order valence-corrected chi connectivity index (χ3v) is 8.52. The number of fused-ring (bicyclic) bond motifs is 2. The van der Waals surface area contributed by atoms with Crippen LogP contribution in [0.3, 0.4) is 0 Å². The number of rotatable bonds is 4. The van der Waals surface area contributed by atoms with Crippen molar-refractivity contribution in [2.45, 2.75) is 68.7 Å². The van der Waals surface area contributed by atoms with Crippen LogP contribution >= 0.6 is 11.6 Å². The highest BCUT2D eigenvalue weighted by molar-refractivity contribution is 6.30. The maximum absolute atomic E-state index is 12.5. The maximum atomic E-state index is 12.5. The van der Waals surface area contributed by atoms with E-state index in [9.17, 15) is 9.90 Å². The van der Waals surface area contributed by atoms with Crippen molar-refractivity contribution < 1.29 is 9.90 Å². The van der Waals surface area contributed by atoms with Gasteiger partial charge in [-0.05, 0) is 78.7 Å². The molecule has 3 aliphatic carbocycles. The highest BCUT2D eigenvalue weighted by Crippen LogP contribution is 2.58. The number of carboxylic acid groups (broad SMARTS) is 1. The smallest absolute Gasteiger partial charge is 0.329 e. The Morgan fingerprint density at radius 1 is 1.00 bits per heavy atom. The molecule has 3 nitrogen and oxygen atoms in total. The summed E-state index contributed by atoms with van der Waals surface area (Å²) >= 11 is 6.15. The van der Waals surface area contributed by atoms with Gasteiger partial charge in [0.15, 0.2) is 0 Å². The molecule has 5 rings (SSSR count). The van der Waals surface area contributed by atoms with Crippen molar-refractivity contribution in [3.63, 3.8) is 0 Å². The summed E-state index contributed by atoms with van der Waals surface area (Å²) in [6, 6.07) is 16.4. The normalized spacial score (nSPS) is 31.0. The molecule has 1 atom stereocenters. The predicted molar refractivity (Wildman–Crippen MR) is 121 cm³/mol. The second-order valence-electron chi connectivity index (χ2n) is 9.69. The molecule has 0 saturated heterocycles. The summed E-state index contributed by atoms with van der Waals surface area (Å²) in [7, 11) is 0. The van der Waals surface area contributed by atoms with Crippen molar-refractivity contribution >= 4 is 23.3 Å². The number of hydrogen-bond acceptors (Lipinski definition) is 2. The van der Waals surface area contributed by atoms with Gasteiger partial charge in [-0.3, -0.25) is 0 Å². The van der Waals surface area contributed by atoms with Gasteiger partial charge in [0.05, 0.1) is 0 Å². The van der Waals surface area contributed by atoms with Crippen LogP contribution in [0, 0.1) is 11.8 Å². The van der Waals surface area contributed by atoms with Gasteiger partial charge in [0.2, 0.25) is 0 Å². The van der Waals surface area contributed by atoms with E-state index in [-0.39, 0.29) is 5.41 Å². The number of halogens is 1. The predicted octanol–water partition coefficient (Wildman–Crippen LogP) is 6.45. The number of nitrogens with one attached hydrogen (secondary N) is 1. The molecule has 2 saturated carbocycles. The number of carboxylic acids is 1. The first-order valence-electron chi connectivity index (χ1n) is 11.4. The van der Waals surface area contributed by atoms with E-state index in [1.165, 1.54) is 43.2 Å². The summed E-state index contributed by atoms with van der Waals surface area (Å²) < 4.78 is 0. The van der Waals surface area contributed by atoms with Crippen molar-refractivity contribution in [2.75, 3.05) is 5.32 Å². The molecule has 0 heterocycles. The van der Waals surface area contributed by atoms with E-state index in [0.29, 0.717) is 23.8 Å². The van der Waals surface area contributed by atoms with Gasteiger partial charge in [0.25, 0.3) is 0 Å². The monoisotopic (exact) mass is 423 g/mol. The molecule has 30 heavy (non-hydrogen) atoms. The molecule has 0 aliphatic heterocycles. The molecular weight excluding hydrogens is 394 g/mol. The highest BCUT2D eigenvalue weighted by Gasteiger charge is 2.55. The third kappa shape index (κ3) is 3.22. The largest absolute Gasteiger partial charge is 0.480 e. The van der Waals surface area contributed by atoms with Crippen LogP contribution in [-0.2, 0) is 16.6 Å². The average molecular weight is 424 g/mol. The Hall–Kier alpha value is -2.00. The number of benzene rings is 2. The Bertz CT molecular complexity index is 942. The second-order valence-corrected chi connectivity index (χ2v) is 10.1. The van der Waals surface area contributed by atoms with Crippen LogP contribution in [0.25, 0.3) is 0 Å². The zero-order chi connectivity index (χ0) is 20.8. The van der Waals surface area contributed by atoms with Crippen LogP contribution < -0.4 is 5.32 Å². The number of aliphatic carboxylic acids is 1.